The number of fused-ring (bicyclic) bond motifs is 1. The first-order valence-corrected chi connectivity index (χ1v) is 5.43. The van der Waals surface area contributed by atoms with Crippen LogP contribution in [0.25, 0.3) is 5.78 Å². The first-order valence-electron chi connectivity index (χ1n) is 5.43. The highest BCUT2D eigenvalue weighted by molar-refractivity contribution is 5.31. The van der Waals surface area contributed by atoms with E-state index in [9.17, 15) is 0 Å². The third-order valence-corrected chi connectivity index (χ3v) is 2.42. The summed E-state index contributed by atoms with van der Waals surface area (Å²) in [6, 6.07) is 1.98. The summed E-state index contributed by atoms with van der Waals surface area (Å²) in [6.07, 6.45) is 2.46. The molecule has 5 heteroatoms. The van der Waals surface area contributed by atoms with E-state index in [0.29, 0.717) is 18.7 Å². The van der Waals surface area contributed by atoms with Gasteiger partial charge in [-0.15, -0.1) is 5.10 Å². The second kappa shape index (κ2) is 3.83. The molecule has 2 N–H and O–H groups in total. The maximum atomic E-state index is 5.50. The fourth-order valence-electron chi connectivity index (χ4n) is 1.64. The van der Waals surface area contributed by atoms with Crippen LogP contribution in [0.3, 0.4) is 0 Å². The molecule has 0 fully saturated rings. The van der Waals surface area contributed by atoms with Gasteiger partial charge in [0.25, 0.3) is 5.78 Å². The molecule has 2 rings (SSSR count). The van der Waals surface area contributed by atoms with Crippen LogP contribution in [-0.4, -0.2) is 26.1 Å². The molecule has 5 nitrogen and oxygen atoms in total. The zero-order chi connectivity index (χ0) is 11.8. The summed E-state index contributed by atoms with van der Waals surface area (Å²) < 4.78 is 1.81. The summed E-state index contributed by atoms with van der Waals surface area (Å²) in [6.45, 7) is 6.99. The van der Waals surface area contributed by atoms with Gasteiger partial charge in [-0.25, -0.2) is 9.50 Å². The molecule has 2 aromatic rings. The SMILES string of the molecule is CC(C)(C)c1ccnc2nc(CCN)nn12. The van der Waals surface area contributed by atoms with Gasteiger partial charge in [0.2, 0.25) is 0 Å². The predicted octanol–water partition coefficient (Wildman–Crippen LogP) is 0.923. The molecule has 0 bridgehead atoms. The number of rotatable bonds is 2. The normalized spacial score (nSPS) is 12.2. The van der Waals surface area contributed by atoms with Gasteiger partial charge < -0.3 is 5.73 Å². The van der Waals surface area contributed by atoms with Gasteiger partial charge in [-0.05, 0) is 12.6 Å². The van der Waals surface area contributed by atoms with Gasteiger partial charge in [-0.3, -0.25) is 0 Å². The average Bonchev–Trinajstić information content (AvgIpc) is 2.58. The van der Waals surface area contributed by atoms with Crippen LogP contribution in [0.1, 0.15) is 32.3 Å². The van der Waals surface area contributed by atoms with E-state index < -0.39 is 0 Å². The molecule has 0 atom stereocenters. The van der Waals surface area contributed by atoms with Crippen molar-refractivity contribution in [2.24, 2.45) is 5.73 Å². The van der Waals surface area contributed by atoms with Gasteiger partial charge in [0.05, 0.1) is 5.69 Å². The standard InChI is InChI=1S/C11H17N5/c1-11(2,3)8-5-7-13-10-14-9(4-6-12)15-16(8)10/h5,7H,4,6,12H2,1-3H3. The first-order chi connectivity index (χ1) is 7.52. The van der Waals surface area contributed by atoms with E-state index in [4.69, 9.17) is 5.73 Å². The van der Waals surface area contributed by atoms with Crippen LogP contribution in [0.2, 0.25) is 0 Å². The van der Waals surface area contributed by atoms with Gasteiger partial charge >= 0.3 is 0 Å². The Kier molecular flexibility index (Phi) is 2.63. The van der Waals surface area contributed by atoms with Gasteiger partial charge in [-0.1, -0.05) is 20.8 Å². The molecule has 0 saturated carbocycles. The minimum Gasteiger partial charge on any atom is -0.330 e. The quantitative estimate of drug-likeness (QED) is 0.815. The van der Waals surface area contributed by atoms with Gasteiger partial charge in [-0.2, -0.15) is 4.98 Å². The van der Waals surface area contributed by atoms with Crippen molar-refractivity contribution >= 4 is 5.78 Å². The Hall–Kier alpha value is -1.49. The number of nitrogens with zero attached hydrogens (tertiary/aromatic N) is 4. The molecule has 0 amide bonds. The second-order valence-electron chi connectivity index (χ2n) is 4.86. The van der Waals surface area contributed by atoms with Gasteiger partial charge in [0.1, 0.15) is 0 Å². The highest BCUT2D eigenvalue weighted by Gasteiger charge is 2.19. The minimum atomic E-state index is 0.0227. The zero-order valence-corrected chi connectivity index (χ0v) is 9.94. The van der Waals surface area contributed by atoms with Crippen molar-refractivity contribution in [3.63, 3.8) is 0 Å². The van der Waals surface area contributed by atoms with Crippen LogP contribution in [0, 0.1) is 0 Å². The van der Waals surface area contributed by atoms with Crippen LogP contribution in [0.5, 0.6) is 0 Å². The maximum absolute atomic E-state index is 5.50. The molecule has 2 heterocycles. The highest BCUT2D eigenvalue weighted by atomic mass is 15.3. The average molecular weight is 219 g/mol. The largest absolute Gasteiger partial charge is 0.330 e. The summed E-state index contributed by atoms with van der Waals surface area (Å²) in [4.78, 5) is 8.54. The smallest absolute Gasteiger partial charge is 0.252 e. The molecule has 0 spiro atoms. The Balaban J connectivity index is 2.59. The molecule has 0 saturated heterocycles. The Morgan fingerprint density at radius 3 is 2.75 bits per heavy atom. The van der Waals surface area contributed by atoms with Crippen LogP contribution in [0.15, 0.2) is 12.3 Å². The van der Waals surface area contributed by atoms with E-state index >= 15 is 0 Å². The Morgan fingerprint density at radius 1 is 1.38 bits per heavy atom. The van der Waals surface area contributed by atoms with E-state index in [1.165, 1.54) is 0 Å². The van der Waals surface area contributed by atoms with E-state index in [0.717, 1.165) is 11.5 Å². The van der Waals surface area contributed by atoms with Crippen molar-refractivity contribution in [2.75, 3.05) is 6.54 Å². The topological polar surface area (TPSA) is 69.1 Å². The van der Waals surface area contributed by atoms with Gasteiger partial charge in [0.15, 0.2) is 5.82 Å². The fourth-order valence-corrected chi connectivity index (χ4v) is 1.64. The van der Waals surface area contributed by atoms with Crippen LogP contribution in [0.4, 0.5) is 0 Å². The van der Waals surface area contributed by atoms with Crippen molar-refractivity contribution in [1.29, 1.82) is 0 Å². The summed E-state index contributed by atoms with van der Waals surface area (Å²) in [5.41, 5.74) is 6.62. The van der Waals surface area contributed by atoms with Gasteiger partial charge in [0, 0.05) is 18.0 Å². The lowest BCUT2D eigenvalue weighted by Gasteiger charge is -2.18. The molecule has 0 aliphatic rings. The third kappa shape index (κ3) is 1.90. The fraction of sp³-hybridized carbons (Fsp3) is 0.545. The molecule has 0 radical (unpaired) electrons. The first kappa shape index (κ1) is 11.0. The van der Waals surface area contributed by atoms with E-state index in [-0.39, 0.29) is 5.41 Å². The molecule has 16 heavy (non-hydrogen) atoms. The Bertz CT molecular complexity index is 495. The predicted molar refractivity (Wildman–Crippen MR) is 62.2 cm³/mol. The van der Waals surface area contributed by atoms with Crippen LogP contribution < -0.4 is 5.73 Å². The molecule has 2 aromatic heterocycles. The summed E-state index contributed by atoms with van der Waals surface area (Å²) in [5, 5.41) is 4.43. The minimum absolute atomic E-state index is 0.0227. The number of aromatic nitrogens is 4. The molecule has 0 aromatic carbocycles. The molecule has 86 valence electrons. The van der Waals surface area contributed by atoms with Crippen molar-refractivity contribution in [3.05, 3.63) is 23.8 Å². The lowest BCUT2D eigenvalue weighted by Crippen LogP contribution is -2.17. The molecular formula is C11H17N5. The van der Waals surface area contributed by atoms with Crippen LogP contribution in [-0.2, 0) is 11.8 Å². The molecule has 0 unspecified atom stereocenters. The summed E-state index contributed by atoms with van der Waals surface area (Å²) >= 11 is 0. The van der Waals surface area contributed by atoms with E-state index in [1.807, 2.05) is 10.6 Å². The van der Waals surface area contributed by atoms with E-state index in [1.54, 1.807) is 6.20 Å². The second-order valence-corrected chi connectivity index (χ2v) is 4.86. The number of hydrogen-bond acceptors (Lipinski definition) is 4. The Morgan fingerprint density at radius 2 is 2.12 bits per heavy atom. The molecule has 0 aliphatic heterocycles. The third-order valence-electron chi connectivity index (χ3n) is 2.42. The van der Waals surface area contributed by atoms with Crippen molar-refractivity contribution < 1.29 is 0 Å². The molecular weight excluding hydrogens is 202 g/mol. The monoisotopic (exact) mass is 219 g/mol. The number of hydrogen-bond donors (Lipinski definition) is 1. The van der Waals surface area contributed by atoms with Crippen molar-refractivity contribution in [2.45, 2.75) is 32.6 Å². The summed E-state index contributed by atoms with van der Waals surface area (Å²) in [7, 11) is 0. The van der Waals surface area contributed by atoms with E-state index in [2.05, 4.69) is 35.8 Å². The van der Waals surface area contributed by atoms with Crippen LogP contribution >= 0.6 is 0 Å². The number of nitrogens with two attached hydrogens (primary N) is 1. The van der Waals surface area contributed by atoms with Crippen molar-refractivity contribution in [3.8, 4) is 0 Å². The lowest BCUT2D eigenvalue weighted by molar-refractivity contribution is 0.545. The summed E-state index contributed by atoms with van der Waals surface area (Å²) in [5.74, 6) is 1.41. The molecule has 0 aliphatic carbocycles. The van der Waals surface area contributed by atoms with Crippen molar-refractivity contribution in [1.82, 2.24) is 19.6 Å². The lowest BCUT2D eigenvalue weighted by atomic mass is 9.92. The Labute approximate surface area is 94.7 Å². The zero-order valence-electron chi connectivity index (χ0n) is 9.94. The maximum Gasteiger partial charge on any atom is 0.252 e. The highest BCUT2D eigenvalue weighted by Crippen LogP contribution is 2.21.